The molecule has 2 aliphatic heterocycles. The smallest absolute Gasteiger partial charge is 0.116 e. The van der Waals surface area contributed by atoms with Crippen LogP contribution >= 0.6 is 35.9 Å². The molecular formula is C31H35ClN2OS2. The molecule has 0 spiro atoms. The lowest BCUT2D eigenvalue weighted by Gasteiger charge is -2.37. The monoisotopic (exact) mass is 550 g/mol. The SMILES string of the molecule is CSc1ccc2c(c1)N(CCC1CCCCN1C)c1ccccc1S2.Cl.Oc1ccc2ccccc2c1. The number of anilines is 2. The van der Waals surface area contributed by atoms with E-state index >= 15 is 0 Å². The van der Waals surface area contributed by atoms with Gasteiger partial charge in [-0.2, -0.15) is 0 Å². The minimum atomic E-state index is 0. The number of thioether (sulfide) groups is 1. The van der Waals surface area contributed by atoms with Crippen molar-refractivity contribution in [2.75, 3.05) is 31.3 Å². The fourth-order valence-electron chi connectivity index (χ4n) is 5.14. The lowest BCUT2D eigenvalue weighted by atomic mass is 9.99. The Bertz CT molecular complexity index is 1330. The molecule has 0 amide bonds. The fraction of sp³-hybridized carbons (Fsp3) is 0.290. The number of rotatable bonds is 4. The highest BCUT2D eigenvalue weighted by Gasteiger charge is 2.26. The molecule has 0 aromatic heterocycles. The average molecular weight is 551 g/mol. The third kappa shape index (κ3) is 6.58. The first-order valence-electron chi connectivity index (χ1n) is 12.7. The Labute approximate surface area is 235 Å². The Morgan fingerprint density at radius 1 is 0.865 bits per heavy atom. The maximum atomic E-state index is 9.13. The predicted molar refractivity (Wildman–Crippen MR) is 164 cm³/mol. The van der Waals surface area contributed by atoms with Gasteiger partial charge in [0, 0.05) is 27.3 Å². The molecule has 3 nitrogen and oxygen atoms in total. The highest BCUT2D eigenvalue weighted by atomic mass is 35.5. The van der Waals surface area contributed by atoms with Gasteiger partial charge >= 0.3 is 0 Å². The number of piperidine rings is 1. The van der Waals surface area contributed by atoms with Crippen LogP contribution in [0.25, 0.3) is 10.8 Å². The van der Waals surface area contributed by atoms with Crippen molar-refractivity contribution in [2.24, 2.45) is 0 Å². The minimum Gasteiger partial charge on any atom is -0.508 e. The summed E-state index contributed by atoms with van der Waals surface area (Å²) < 4.78 is 0. The molecule has 4 aromatic carbocycles. The molecular weight excluding hydrogens is 516 g/mol. The van der Waals surface area contributed by atoms with E-state index in [9.17, 15) is 0 Å². The molecule has 0 radical (unpaired) electrons. The Hall–Kier alpha value is -2.31. The summed E-state index contributed by atoms with van der Waals surface area (Å²) >= 11 is 3.73. The number of phenolic OH excluding ortho intramolecular Hbond substituents is 1. The number of hydrogen-bond acceptors (Lipinski definition) is 5. The molecule has 1 unspecified atom stereocenters. The molecule has 0 aliphatic carbocycles. The predicted octanol–water partition coefficient (Wildman–Crippen LogP) is 8.85. The molecule has 1 atom stereocenters. The van der Waals surface area contributed by atoms with Crippen molar-refractivity contribution in [3.05, 3.63) is 84.9 Å². The van der Waals surface area contributed by atoms with Gasteiger partial charge in [-0.3, -0.25) is 0 Å². The van der Waals surface area contributed by atoms with Crippen molar-refractivity contribution in [3.8, 4) is 5.75 Å². The third-order valence-electron chi connectivity index (χ3n) is 7.17. The number of benzene rings is 4. The van der Waals surface area contributed by atoms with Gasteiger partial charge in [0.15, 0.2) is 0 Å². The molecule has 1 fully saturated rings. The van der Waals surface area contributed by atoms with Crippen LogP contribution in [-0.4, -0.2) is 42.4 Å². The molecule has 0 bridgehead atoms. The largest absolute Gasteiger partial charge is 0.508 e. The van der Waals surface area contributed by atoms with Crippen LogP contribution in [0.5, 0.6) is 5.75 Å². The molecule has 6 heteroatoms. The van der Waals surface area contributed by atoms with E-state index in [1.807, 2.05) is 53.9 Å². The van der Waals surface area contributed by atoms with E-state index < -0.39 is 0 Å². The van der Waals surface area contributed by atoms with Gasteiger partial charge in [0.2, 0.25) is 0 Å². The van der Waals surface area contributed by atoms with Gasteiger partial charge in [-0.05, 0) is 92.3 Å². The van der Waals surface area contributed by atoms with E-state index in [1.54, 1.807) is 12.1 Å². The van der Waals surface area contributed by atoms with Crippen molar-refractivity contribution in [2.45, 2.75) is 46.4 Å². The van der Waals surface area contributed by atoms with Crippen LogP contribution in [0.4, 0.5) is 11.4 Å². The summed E-state index contributed by atoms with van der Waals surface area (Å²) in [5.41, 5.74) is 2.76. The number of aromatic hydroxyl groups is 1. The van der Waals surface area contributed by atoms with Gasteiger partial charge in [0.05, 0.1) is 11.4 Å². The topological polar surface area (TPSA) is 26.7 Å². The van der Waals surface area contributed by atoms with Crippen molar-refractivity contribution in [3.63, 3.8) is 0 Å². The van der Waals surface area contributed by atoms with Gasteiger partial charge < -0.3 is 14.9 Å². The number of nitrogens with zero attached hydrogens (tertiary/aromatic N) is 2. The van der Waals surface area contributed by atoms with Crippen molar-refractivity contribution < 1.29 is 5.11 Å². The lowest BCUT2D eigenvalue weighted by molar-refractivity contribution is 0.178. The maximum absolute atomic E-state index is 9.13. The fourth-order valence-corrected chi connectivity index (χ4v) is 6.65. The summed E-state index contributed by atoms with van der Waals surface area (Å²) in [5.74, 6) is 0.323. The zero-order chi connectivity index (χ0) is 24.9. The average Bonchev–Trinajstić information content (AvgIpc) is 2.92. The van der Waals surface area contributed by atoms with Gasteiger partial charge in [-0.25, -0.2) is 0 Å². The van der Waals surface area contributed by atoms with Gasteiger partial charge in [0.25, 0.3) is 0 Å². The van der Waals surface area contributed by atoms with Gasteiger partial charge in [-0.15, -0.1) is 24.2 Å². The molecule has 1 saturated heterocycles. The highest BCUT2D eigenvalue weighted by Crippen LogP contribution is 2.49. The Balaban J connectivity index is 0.000000224. The molecule has 2 heterocycles. The normalized spacial score (nSPS) is 16.7. The van der Waals surface area contributed by atoms with E-state index in [0.717, 1.165) is 23.4 Å². The first kappa shape index (κ1) is 27.7. The van der Waals surface area contributed by atoms with Crippen LogP contribution in [0.3, 0.4) is 0 Å². The number of phenols is 1. The van der Waals surface area contributed by atoms with Crippen LogP contribution in [0, 0.1) is 0 Å². The number of fused-ring (bicyclic) bond motifs is 3. The highest BCUT2D eigenvalue weighted by molar-refractivity contribution is 8.00. The number of likely N-dealkylation sites (tertiary alicyclic amines) is 1. The summed E-state index contributed by atoms with van der Waals surface area (Å²) in [6.07, 6.45) is 7.48. The molecule has 37 heavy (non-hydrogen) atoms. The van der Waals surface area contributed by atoms with Crippen molar-refractivity contribution in [1.82, 2.24) is 4.90 Å². The molecule has 194 valence electrons. The van der Waals surface area contributed by atoms with Crippen molar-refractivity contribution in [1.29, 1.82) is 0 Å². The Kier molecular flexibility index (Phi) is 9.71. The quantitative estimate of drug-likeness (QED) is 0.256. The molecule has 1 N–H and O–H groups in total. The van der Waals surface area contributed by atoms with Crippen LogP contribution < -0.4 is 4.90 Å². The maximum Gasteiger partial charge on any atom is 0.116 e. The van der Waals surface area contributed by atoms with E-state index in [0.29, 0.717) is 5.75 Å². The first-order valence-corrected chi connectivity index (χ1v) is 14.8. The van der Waals surface area contributed by atoms with Crippen LogP contribution in [0.1, 0.15) is 25.7 Å². The summed E-state index contributed by atoms with van der Waals surface area (Å²) in [5, 5.41) is 11.4. The second-order valence-corrected chi connectivity index (χ2v) is 11.5. The van der Waals surface area contributed by atoms with Crippen LogP contribution in [-0.2, 0) is 0 Å². The van der Waals surface area contributed by atoms with E-state index in [-0.39, 0.29) is 12.4 Å². The standard InChI is InChI=1S/C21H26N2S2.C10H8O.ClH/c1-22-13-6-5-7-16(22)12-14-23-18-8-3-4-9-20(18)25-21-11-10-17(24-2)15-19(21)23;11-10-6-5-8-3-1-2-4-9(8)7-10;/h3-4,8-11,15-16H,5-7,12-14H2,1-2H3;1-7,11H;1H. The number of hydrogen-bond donors (Lipinski definition) is 1. The van der Waals surface area contributed by atoms with Crippen LogP contribution in [0.2, 0.25) is 0 Å². The van der Waals surface area contributed by atoms with E-state index in [4.69, 9.17) is 5.11 Å². The second-order valence-electron chi connectivity index (χ2n) is 9.51. The summed E-state index contributed by atoms with van der Waals surface area (Å²) in [4.78, 5) is 9.23. The summed E-state index contributed by atoms with van der Waals surface area (Å²) in [6, 6.07) is 29.8. The minimum absolute atomic E-state index is 0. The van der Waals surface area contributed by atoms with Crippen LogP contribution in [0.15, 0.2) is 99.6 Å². The molecule has 4 aromatic rings. The Morgan fingerprint density at radius 3 is 2.43 bits per heavy atom. The molecule has 0 saturated carbocycles. The second kappa shape index (κ2) is 13.0. The van der Waals surface area contributed by atoms with E-state index in [1.165, 1.54) is 58.3 Å². The Morgan fingerprint density at radius 2 is 1.62 bits per heavy atom. The number of para-hydroxylation sites is 1. The summed E-state index contributed by atoms with van der Waals surface area (Å²) in [6.45, 7) is 2.35. The first-order chi connectivity index (χ1) is 17.6. The number of halogens is 1. The molecule has 6 rings (SSSR count). The van der Waals surface area contributed by atoms with E-state index in [2.05, 4.69) is 65.6 Å². The lowest BCUT2D eigenvalue weighted by Crippen LogP contribution is -2.38. The zero-order valence-electron chi connectivity index (χ0n) is 21.5. The zero-order valence-corrected chi connectivity index (χ0v) is 23.9. The van der Waals surface area contributed by atoms with Gasteiger partial charge in [0.1, 0.15) is 5.75 Å². The molecule has 2 aliphatic rings. The third-order valence-corrected chi connectivity index (χ3v) is 9.03. The van der Waals surface area contributed by atoms with Crippen molar-refractivity contribution >= 4 is 58.1 Å². The summed E-state index contributed by atoms with van der Waals surface area (Å²) in [7, 11) is 2.30. The van der Waals surface area contributed by atoms with Gasteiger partial charge in [-0.1, -0.05) is 60.6 Å².